The Hall–Kier alpha value is 0.710. The predicted molar refractivity (Wildman–Crippen MR) is 50.5 cm³/mol. The summed E-state index contributed by atoms with van der Waals surface area (Å²) in [5.41, 5.74) is 0. The number of rotatable bonds is 1. The summed E-state index contributed by atoms with van der Waals surface area (Å²) in [5, 5.41) is 0. The molecule has 5 heteroatoms. The average molecular weight is 197 g/mol. The lowest BCUT2D eigenvalue weighted by Gasteiger charge is -2.12. The molecule has 0 aromatic carbocycles. The molecule has 0 spiro atoms. The van der Waals surface area contributed by atoms with Gasteiger partial charge in [-0.25, -0.2) is 4.31 Å². The molecule has 10 heavy (non-hydrogen) atoms. The smallest absolute Gasteiger partial charge is 0.0602 e. The Bertz CT molecular complexity index is 152. The minimum absolute atomic E-state index is 0.716. The van der Waals surface area contributed by atoms with Gasteiger partial charge in [0.1, 0.15) is 0 Å². The van der Waals surface area contributed by atoms with Crippen molar-refractivity contribution in [2.45, 2.75) is 6.42 Å². The molecule has 0 atom stereocenters. The Kier molecular flexibility index (Phi) is 4.01. The Balaban J connectivity index is 2.43. The van der Waals surface area contributed by atoms with Gasteiger partial charge in [0.05, 0.1) is 6.61 Å². The molecule has 0 aromatic heterocycles. The highest BCUT2D eigenvalue weighted by Crippen LogP contribution is 1.98. The zero-order chi connectivity index (χ0) is 7.40. The number of nitrogens with zero attached hydrogens (tertiary/aromatic N) is 1. The van der Waals surface area contributed by atoms with Gasteiger partial charge in [-0.1, -0.05) is 0 Å². The van der Waals surface area contributed by atoms with E-state index in [9.17, 15) is 0 Å². The van der Waals surface area contributed by atoms with Crippen LogP contribution in [-0.4, -0.2) is 30.6 Å². The molecule has 0 saturated carbocycles. The standard InChI is InChI=1S/C5H11NOS3/c8-10(9)6-2-1-4-7-5-3-6/h10H,1-5H2. The summed E-state index contributed by atoms with van der Waals surface area (Å²) in [6.07, 6.45) is 1.08. The van der Waals surface area contributed by atoms with Gasteiger partial charge in [-0.15, -0.1) is 0 Å². The fourth-order valence-corrected chi connectivity index (χ4v) is 2.43. The maximum absolute atomic E-state index is 5.25. The highest BCUT2D eigenvalue weighted by molar-refractivity contribution is 8.45. The first kappa shape index (κ1) is 8.80. The molecule has 0 aliphatic carbocycles. The lowest BCUT2D eigenvalue weighted by molar-refractivity contribution is 0.148. The number of hydrogen-bond acceptors (Lipinski definition) is 3. The van der Waals surface area contributed by atoms with Gasteiger partial charge in [0, 0.05) is 19.7 Å². The van der Waals surface area contributed by atoms with Gasteiger partial charge in [-0.3, -0.25) is 0 Å². The van der Waals surface area contributed by atoms with Gasteiger partial charge in [0.15, 0.2) is 0 Å². The maximum atomic E-state index is 5.25. The zero-order valence-corrected chi connectivity index (χ0v) is 8.18. The molecule has 0 unspecified atom stereocenters. The van der Waals surface area contributed by atoms with Crippen LogP contribution in [0.1, 0.15) is 6.42 Å². The quantitative estimate of drug-likeness (QED) is 0.589. The first-order chi connectivity index (χ1) is 4.80. The van der Waals surface area contributed by atoms with Gasteiger partial charge in [0.2, 0.25) is 0 Å². The van der Waals surface area contributed by atoms with E-state index in [-0.39, 0.29) is 0 Å². The SMILES string of the molecule is S=[SH](=S)N1CCCOCC1. The first-order valence-electron chi connectivity index (χ1n) is 3.27. The minimum atomic E-state index is -0.716. The normalized spacial score (nSPS) is 22.9. The summed E-state index contributed by atoms with van der Waals surface area (Å²) in [7, 11) is -0.716. The van der Waals surface area contributed by atoms with Crippen LogP contribution in [0, 0.1) is 0 Å². The van der Waals surface area contributed by atoms with E-state index in [1.54, 1.807) is 0 Å². The van der Waals surface area contributed by atoms with Gasteiger partial charge in [0.25, 0.3) is 0 Å². The van der Waals surface area contributed by atoms with Crippen LogP contribution in [0.15, 0.2) is 0 Å². The third-order valence-electron chi connectivity index (χ3n) is 1.43. The molecular weight excluding hydrogens is 186 g/mol. The highest BCUT2D eigenvalue weighted by Gasteiger charge is 2.06. The van der Waals surface area contributed by atoms with Crippen molar-refractivity contribution in [2.24, 2.45) is 0 Å². The highest BCUT2D eigenvalue weighted by atomic mass is 33.1. The van der Waals surface area contributed by atoms with E-state index in [4.69, 9.17) is 27.1 Å². The molecule has 2 nitrogen and oxygen atoms in total. The van der Waals surface area contributed by atoms with Crippen LogP contribution in [-0.2, 0) is 35.3 Å². The summed E-state index contributed by atoms with van der Waals surface area (Å²) >= 11 is 10.0. The molecule has 0 radical (unpaired) electrons. The lowest BCUT2D eigenvalue weighted by Crippen LogP contribution is -2.23. The lowest BCUT2D eigenvalue weighted by atomic mass is 10.5. The average Bonchev–Trinajstić information content (AvgIpc) is 2.12. The van der Waals surface area contributed by atoms with E-state index in [0.29, 0.717) is 0 Å². The minimum Gasteiger partial charge on any atom is -0.380 e. The fraction of sp³-hybridized carbons (Fsp3) is 1.00. The Morgan fingerprint density at radius 3 is 2.70 bits per heavy atom. The van der Waals surface area contributed by atoms with Crippen molar-refractivity contribution in [3.63, 3.8) is 0 Å². The first-order valence-corrected chi connectivity index (χ1v) is 6.60. The van der Waals surface area contributed by atoms with Crippen LogP contribution in [0.5, 0.6) is 0 Å². The molecular formula is C5H11NOS3. The van der Waals surface area contributed by atoms with Crippen molar-refractivity contribution >= 4 is 30.6 Å². The monoisotopic (exact) mass is 197 g/mol. The van der Waals surface area contributed by atoms with Crippen LogP contribution in [0.2, 0.25) is 0 Å². The van der Waals surface area contributed by atoms with Crippen LogP contribution >= 0.6 is 0 Å². The predicted octanol–water partition coefficient (Wildman–Crippen LogP) is -0.102. The topological polar surface area (TPSA) is 12.5 Å². The van der Waals surface area contributed by atoms with Crippen molar-refractivity contribution in [1.82, 2.24) is 4.31 Å². The maximum Gasteiger partial charge on any atom is 0.0602 e. The second-order valence-electron chi connectivity index (χ2n) is 2.16. The molecule has 1 saturated heterocycles. The Morgan fingerprint density at radius 1 is 1.20 bits per heavy atom. The molecule has 1 heterocycles. The van der Waals surface area contributed by atoms with E-state index in [0.717, 1.165) is 32.7 Å². The molecule has 60 valence electrons. The number of hydrogen-bond donors (Lipinski definition) is 1. The van der Waals surface area contributed by atoms with Crippen LogP contribution in [0.25, 0.3) is 0 Å². The second-order valence-corrected chi connectivity index (χ2v) is 5.97. The van der Waals surface area contributed by atoms with E-state index in [1.165, 1.54) is 0 Å². The van der Waals surface area contributed by atoms with Crippen molar-refractivity contribution in [3.8, 4) is 0 Å². The molecule has 1 rings (SSSR count). The Morgan fingerprint density at radius 2 is 2.00 bits per heavy atom. The van der Waals surface area contributed by atoms with E-state index < -0.39 is 8.20 Å². The zero-order valence-electron chi connectivity index (χ0n) is 5.65. The third-order valence-corrected chi connectivity index (χ3v) is 3.68. The largest absolute Gasteiger partial charge is 0.380 e. The molecule has 0 N–H and O–H groups in total. The fourth-order valence-electron chi connectivity index (χ4n) is 0.896. The van der Waals surface area contributed by atoms with Crippen molar-refractivity contribution in [3.05, 3.63) is 0 Å². The third kappa shape index (κ3) is 2.75. The molecule has 1 aliphatic rings. The van der Waals surface area contributed by atoms with E-state index in [1.807, 2.05) is 0 Å². The van der Waals surface area contributed by atoms with Crippen LogP contribution < -0.4 is 0 Å². The number of thiol groups is 1. The number of ether oxygens (including phenoxy) is 1. The second kappa shape index (κ2) is 4.56. The molecule has 1 aliphatic heterocycles. The van der Waals surface area contributed by atoms with Crippen molar-refractivity contribution < 1.29 is 4.74 Å². The molecule has 0 bridgehead atoms. The summed E-state index contributed by atoms with van der Waals surface area (Å²) in [5.74, 6) is 0. The van der Waals surface area contributed by atoms with E-state index >= 15 is 0 Å². The summed E-state index contributed by atoms with van der Waals surface area (Å²) in [4.78, 5) is 0. The van der Waals surface area contributed by atoms with E-state index in [2.05, 4.69) is 4.31 Å². The van der Waals surface area contributed by atoms with Crippen LogP contribution in [0.3, 0.4) is 0 Å². The summed E-state index contributed by atoms with van der Waals surface area (Å²) in [6.45, 7) is 3.62. The van der Waals surface area contributed by atoms with Gasteiger partial charge >= 0.3 is 0 Å². The molecule has 0 amide bonds. The molecule has 1 fully saturated rings. The summed E-state index contributed by atoms with van der Waals surface area (Å²) < 4.78 is 7.41. The van der Waals surface area contributed by atoms with Gasteiger partial charge < -0.3 is 4.74 Å². The summed E-state index contributed by atoms with van der Waals surface area (Å²) in [6, 6.07) is 0. The van der Waals surface area contributed by atoms with Crippen molar-refractivity contribution in [2.75, 3.05) is 26.3 Å². The Labute approximate surface area is 72.5 Å². The van der Waals surface area contributed by atoms with Gasteiger partial charge in [-0.05, 0) is 37.0 Å². The van der Waals surface area contributed by atoms with Crippen molar-refractivity contribution in [1.29, 1.82) is 0 Å². The van der Waals surface area contributed by atoms with Crippen LogP contribution in [0.4, 0.5) is 0 Å². The van der Waals surface area contributed by atoms with Gasteiger partial charge in [-0.2, -0.15) is 0 Å². The molecule has 0 aromatic rings.